The molecule has 0 bridgehead atoms. The van der Waals surface area contributed by atoms with Crippen LogP contribution in [0.3, 0.4) is 0 Å². The third-order valence-electron chi connectivity index (χ3n) is 5.32. The molecule has 1 amide bonds. The van der Waals surface area contributed by atoms with Gasteiger partial charge in [-0.2, -0.15) is 0 Å². The standard InChI is InChI=1S/C26H30N2O3S/c1-20(21-15-17-22(18-16-21)26(2,3)4)27-25(29)19-28(23-11-7-5-8-12-23)32(30,31)24-13-9-6-10-14-24/h5-18,20H,19H2,1-4H3,(H,27,29)/t20-/m1/s1. The van der Waals surface area contributed by atoms with E-state index >= 15 is 0 Å². The Bertz CT molecular complexity index is 1140. The van der Waals surface area contributed by atoms with Crippen molar-refractivity contribution in [2.75, 3.05) is 10.8 Å². The van der Waals surface area contributed by atoms with Gasteiger partial charge < -0.3 is 5.32 Å². The number of rotatable bonds is 7. The number of sulfonamides is 1. The Hall–Kier alpha value is -3.12. The monoisotopic (exact) mass is 450 g/mol. The maximum absolute atomic E-state index is 13.3. The van der Waals surface area contributed by atoms with Crippen LogP contribution in [0.15, 0.2) is 89.8 Å². The molecule has 3 rings (SSSR count). The normalized spacial score (nSPS) is 12.8. The number of carbonyl (C=O) groups is 1. The van der Waals surface area contributed by atoms with E-state index in [4.69, 9.17) is 0 Å². The number of benzene rings is 3. The van der Waals surface area contributed by atoms with Crippen molar-refractivity contribution in [3.05, 3.63) is 96.1 Å². The third kappa shape index (κ3) is 5.56. The third-order valence-corrected chi connectivity index (χ3v) is 7.10. The summed E-state index contributed by atoms with van der Waals surface area (Å²) in [6.45, 7) is 8.03. The van der Waals surface area contributed by atoms with Gasteiger partial charge in [-0.25, -0.2) is 8.42 Å². The number of anilines is 1. The molecule has 0 aromatic heterocycles. The molecule has 0 spiro atoms. The van der Waals surface area contributed by atoms with Gasteiger partial charge in [0.1, 0.15) is 6.54 Å². The van der Waals surface area contributed by atoms with E-state index in [1.54, 1.807) is 48.5 Å². The molecule has 6 heteroatoms. The van der Waals surface area contributed by atoms with E-state index in [0.717, 1.165) is 9.87 Å². The number of carbonyl (C=O) groups excluding carboxylic acids is 1. The molecule has 5 nitrogen and oxygen atoms in total. The van der Waals surface area contributed by atoms with Crippen LogP contribution >= 0.6 is 0 Å². The Balaban J connectivity index is 1.80. The zero-order chi connectivity index (χ0) is 23.4. The molecule has 3 aromatic rings. The Labute approximate surface area is 191 Å². The second-order valence-electron chi connectivity index (χ2n) is 8.82. The van der Waals surface area contributed by atoms with E-state index in [1.807, 2.05) is 19.1 Å². The van der Waals surface area contributed by atoms with Crippen LogP contribution in [-0.2, 0) is 20.2 Å². The van der Waals surface area contributed by atoms with E-state index < -0.39 is 10.0 Å². The van der Waals surface area contributed by atoms with Gasteiger partial charge in [-0.1, -0.05) is 81.4 Å². The van der Waals surface area contributed by atoms with Crippen LogP contribution in [-0.4, -0.2) is 20.9 Å². The largest absolute Gasteiger partial charge is 0.348 e. The summed E-state index contributed by atoms with van der Waals surface area (Å²) in [5, 5.41) is 2.93. The van der Waals surface area contributed by atoms with E-state index in [-0.39, 0.29) is 28.8 Å². The summed E-state index contributed by atoms with van der Waals surface area (Å²) in [4.78, 5) is 13.0. The SMILES string of the molecule is C[C@@H](NC(=O)CN(c1ccccc1)S(=O)(=O)c1ccccc1)c1ccc(C(C)(C)C)cc1. The van der Waals surface area contributed by atoms with Crippen LogP contribution in [0.1, 0.15) is 44.9 Å². The highest BCUT2D eigenvalue weighted by atomic mass is 32.2. The molecule has 0 aliphatic rings. The molecule has 0 saturated carbocycles. The predicted molar refractivity (Wildman–Crippen MR) is 129 cm³/mol. The van der Waals surface area contributed by atoms with Crippen molar-refractivity contribution in [3.8, 4) is 0 Å². The first-order chi connectivity index (χ1) is 15.1. The molecule has 0 saturated heterocycles. The molecule has 0 aliphatic heterocycles. The molecule has 0 unspecified atom stereocenters. The van der Waals surface area contributed by atoms with Crippen LogP contribution in [0.2, 0.25) is 0 Å². The fraction of sp³-hybridized carbons (Fsp3) is 0.269. The number of hydrogen-bond acceptors (Lipinski definition) is 3. The summed E-state index contributed by atoms with van der Waals surface area (Å²) in [5.41, 5.74) is 2.66. The minimum Gasteiger partial charge on any atom is -0.348 e. The molecule has 0 fully saturated rings. The quantitative estimate of drug-likeness (QED) is 0.547. The summed E-state index contributed by atoms with van der Waals surface area (Å²) in [5.74, 6) is -0.374. The first-order valence-corrected chi connectivity index (χ1v) is 12.1. The van der Waals surface area contributed by atoms with Gasteiger partial charge in [0.15, 0.2) is 0 Å². The van der Waals surface area contributed by atoms with Gasteiger partial charge in [0.05, 0.1) is 16.6 Å². The molecule has 0 radical (unpaired) electrons. The maximum Gasteiger partial charge on any atom is 0.264 e. The smallest absolute Gasteiger partial charge is 0.264 e. The lowest BCUT2D eigenvalue weighted by molar-refractivity contribution is -0.120. The lowest BCUT2D eigenvalue weighted by Gasteiger charge is -2.25. The van der Waals surface area contributed by atoms with E-state index in [0.29, 0.717) is 5.69 Å². The zero-order valence-corrected chi connectivity index (χ0v) is 19.8. The van der Waals surface area contributed by atoms with Crippen molar-refractivity contribution in [2.45, 2.75) is 44.0 Å². The highest BCUT2D eigenvalue weighted by Crippen LogP contribution is 2.25. The summed E-state index contributed by atoms with van der Waals surface area (Å²) in [7, 11) is -3.90. The van der Waals surface area contributed by atoms with Crippen molar-refractivity contribution in [3.63, 3.8) is 0 Å². The van der Waals surface area contributed by atoms with Gasteiger partial charge in [0, 0.05) is 0 Å². The predicted octanol–water partition coefficient (Wildman–Crippen LogP) is 5.06. The number of hydrogen-bond donors (Lipinski definition) is 1. The van der Waals surface area contributed by atoms with Crippen molar-refractivity contribution in [2.24, 2.45) is 0 Å². The second-order valence-corrected chi connectivity index (χ2v) is 10.7. The molecule has 3 aromatic carbocycles. The topological polar surface area (TPSA) is 66.5 Å². The lowest BCUT2D eigenvalue weighted by atomic mass is 9.86. The van der Waals surface area contributed by atoms with Crippen LogP contribution in [0, 0.1) is 0 Å². The van der Waals surface area contributed by atoms with Gasteiger partial charge in [0.25, 0.3) is 10.0 Å². The Kier molecular flexibility index (Phi) is 7.04. The summed E-state index contributed by atoms with van der Waals surface area (Å²) in [6, 6.07) is 24.7. The Morgan fingerprint density at radius 1 is 0.875 bits per heavy atom. The first kappa shape index (κ1) is 23.5. The van der Waals surface area contributed by atoms with Gasteiger partial charge in [-0.15, -0.1) is 0 Å². The molecule has 168 valence electrons. The second kappa shape index (κ2) is 9.57. The lowest BCUT2D eigenvalue weighted by Crippen LogP contribution is -2.41. The van der Waals surface area contributed by atoms with E-state index in [2.05, 4.69) is 38.2 Å². The van der Waals surface area contributed by atoms with Gasteiger partial charge >= 0.3 is 0 Å². The molecular weight excluding hydrogens is 420 g/mol. The molecule has 0 aliphatic carbocycles. The average molecular weight is 451 g/mol. The minimum absolute atomic E-state index is 0.0486. The highest BCUT2D eigenvalue weighted by Gasteiger charge is 2.27. The Morgan fingerprint density at radius 2 is 1.41 bits per heavy atom. The molecule has 1 N–H and O–H groups in total. The molecule has 32 heavy (non-hydrogen) atoms. The van der Waals surface area contributed by atoms with Crippen molar-refractivity contribution in [1.82, 2.24) is 5.32 Å². The zero-order valence-electron chi connectivity index (χ0n) is 18.9. The van der Waals surface area contributed by atoms with Gasteiger partial charge in [-0.05, 0) is 47.7 Å². The van der Waals surface area contributed by atoms with Crippen LogP contribution in [0.5, 0.6) is 0 Å². The summed E-state index contributed by atoms with van der Waals surface area (Å²) < 4.78 is 27.7. The van der Waals surface area contributed by atoms with E-state index in [1.165, 1.54) is 17.7 Å². The summed E-state index contributed by atoms with van der Waals surface area (Å²) >= 11 is 0. The van der Waals surface area contributed by atoms with Gasteiger partial charge in [0.2, 0.25) is 5.91 Å². The van der Waals surface area contributed by atoms with Crippen molar-refractivity contribution >= 4 is 21.6 Å². The number of nitrogens with one attached hydrogen (secondary N) is 1. The minimum atomic E-state index is -3.90. The fourth-order valence-electron chi connectivity index (χ4n) is 3.40. The molecule has 1 atom stereocenters. The average Bonchev–Trinajstić information content (AvgIpc) is 2.78. The van der Waals surface area contributed by atoms with Gasteiger partial charge in [-0.3, -0.25) is 9.10 Å². The van der Waals surface area contributed by atoms with E-state index in [9.17, 15) is 13.2 Å². The van der Waals surface area contributed by atoms with Crippen molar-refractivity contribution < 1.29 is 13.2 Å². The van der Waals surface area contributed by atoms with Crippen LogP contribution in [0.4, 0.5) is 5.69 Å². The molecular formula is C26H30N2O3S. The maximum atomic E-state index is 13.3. The number of amides is 1. The molecule has 0 heterocycles. The summed E-state index contributed by atoms with van der Waals surface area (Å²) in [6.07, 6.45) is 0. The first-order valence-electron chi connectivity index (χ1n) is 10.6. The van der Waals surface area contributed by atoms with Crippen molar-refractivity contribution in [1.29, 1.82) is 0 Å². The van der Waals surface area contributed by atoms with Crippen LogP contribution < -0.4 is 9.62 Å². The Morgan fingerprint density at radius 3 is 1.94 bits per heavy atom. The number of nitrogens with zero attached hydrogens (tertiary/aromatic N) is 1. The van der Waals surface area contributed by atoms with Crippen LogP contribution in [0.25, 0.3) is 0 Å². The fourth-order valence-corrected chi connectivity index (χ4v) is 4.84. The number of para-hydroxylation sites is 1. The highest BCUT2D eigenvalue weighted by molar-refractivity contribution is 7.92.